The molecule has 26 heavy (non-hydrogen) atoms. The van der Waals surface area contributed by atoms with E-state index in [4.69, 9.17) is 10.7 Å². The molecular weight excluding hydrogens is 364 g/mol. The molecule has 0 fully saturated rings. The maximum Gasteiger partial charge on any atom is 0.266 e. The van der Waals surface area contributed by atoms with Crippen LogP contribution in [0.25, 0.3) is 16.6 Å². The number of thiazole rings is 1. The van der Waals surface area contributed by atoms with E-state index in [1.165, 1.54) is 23.1 Å². The van der Waals surface area contributed by atoms with Crippen LogP contribution < -0.4 is 11.3 Å². The normalized spacial score (nSPS) is 11.2. The van der Waals surface area contributed by atoms with Gasteiger partial charge in [0.05, 0.1) is 26.5 Å². The summed E-state index contributed by atoms with van der Waals surface area (Å²) in [5.74, 6) is 0. The van der Waals surface area contributed by atoms with E-state index in [-0.39, 0.29) is 5.56 Å². The van der Waals surface area contributed by atoms with Crippen LogP contribution >= 0.6 is 23.1 Å². The van der Waals surface area contributed by atoms with Gasteiger partial charge in [-0.2, -0.15) is 0 Å². The zero-order chi connectivity index (χ0) is 18.3. The molecule has 2 aromatic carbocycles. The number of aromatic nitrogens is 3. The van der Waals surface area contributed by atoms with Crippen LogP contribution in [-0.4, -0.2) is 14.5 Å². The van der Waals surface area contributed by atoms with Gasteiger partial charge in [-0.3, -0.25) is 9.36 Å². The molecule has 0 saturated carbocycles. The predicted molar refractivity (Wildman–Crippen MR) is 107 cm³/mol. The maximum absolute atomic E-state index is 13.3. The number of nitrogens with two attached hydrogens (primary N) is 1. The number of aryl methyl sites for hydroxylation is 2. The van der Waals surface area contributed by atoms with Crippen molar-refractivity contribution in [1.82, 2.24) is 14.5 Å². The largest absolute Gasteiger partial charge is 0.375 e. The Morgan fingerprint density at radius 1 is 1.08 bits per heavy atom. The molecule has 0 saturated heterocycles. The molecule has 0 aliphatic rings. The van der Waals surface area contributed by atoms with Crippen molar-refractivity contribution in [3.8, 4) is 5.69 Å². The fraction of sp³-hybridized carbons (Fsp3) is 0.105. The maximum atomic E-state index is 13.3. The molecule has 0 aliphatic carbocycles. The third-order valence-corrected chi connectivity index (χ3v) is 6.18. The van der Waals surface area contributed by atoms with Crippen molar-refractivity contribution >= 4 is 39.1 Å². The Morgan fingerprint density at radius 3 is 2.54 bits per heavy atom. The highest BCUT2D eigenvalue weighted by Gasteiger charge is 2.16. The van der Waals surface area contributed by atoms with E-state index in [0.29, 0.717) is 21.2 Å². The van der Waals surface area contributed by atoms with Gasteiger partial charge in [0.25, 0.3) is 5.56 Å². The monoisotopic (exact) mass is 380 g/mol. The van der Waals surface area contributed by atoms with Gasteiger partial charge in [-0.05, 0) is 49.9 Å². The molecule has 0 spiro atoms. The van der Waals surface area contributed by atoms with Gasteiger partial charge in [-0.1, -0.05) is 41.2 Å². The second-order valence-corrected chi connectivity index (χ2v) is 8.18. The van der Waals surface area contributed by atoms with Crippen molar-refractivity contribution in [3.05, 3.63) is 70.1 Å². The third-order valence-electron chi connectivity index (χ3n) is 3.96. The first-order chi connectivity index (χ1) is 12.5. The molecular formula is C19H16N4OS2. The van der Waals surface area contributed by atoms with Gasteiger partial charge in [0.2, 0.25) is 0 Å². The predicted octanol–water partition coefficient (Wildman–Crippen LogP) is 4.19. The molecule has 0 amide bonds. The van der Waals surface area contributed by atoms with E-state index in [2.05, 4.69) is 4.98 Å². The minimum atomic E-state index is -0.0810. The lowest BCUT2D eigenvalue weighted by atomic mass is 10.1. The first-order valence-electron chi connectivity index (χ1n) is 8.02. The molecule has 2 aromatic heterocycles. The number of fused-ring (bicyclic) bond motifs is 1. The number of anilines is 1. The van der Waals surface area contributed by atoms with Gasteiger partial charge in [-0.15, -0.1) is 0 Å². The minimum Gasteiger partial charge on any atom is -0.375 e. The Bertz CT molecular complexity index is 1170. The Morgan fingerprint density at radius 2 is 1.85 bits per heavy atom. The van der Waals surface area contributed by atoms with E-state index < -0.39 is 0 Å². The molecule has 4 rings (SSSR count). The van der Waals surface area contributed by atoms with Crippen molar-refractivity contribution in [1.29, 1.82) is 0 Å². The minimum absolute atomic E-state index is 0.0810. The second kappa shape index (κ2) is 6.59. The number of nitrogens with zero attached hydrogens (tertiary/aromatic N) is 3. The zero-order valence-corrected chi connectivity index (χ0v) is 15.9. The van der Waals surface area contributed by atoms with Crippen molar-refractivity contribution in [2.45, 2.75) is 23.2 Å². The van der Waals surface area contributed by atoms with Crippen LogP contribution in [0, 0.1) is 13.8 Å². The van der Waals surface area contributed by atoms with Crippen molar-refractivity contribution in [2.24, 2.45) is 0 Å². The Kier molecular flexibility index (Phi) is 4.26. The molecule has 130 valence electrons. The van der Waals surface area contributed by atoms with Gasteiger partial charge < -0.3 is 5.73 Å². The summed E-state index contributed by atoms with van der Waals surface area (Å²) in [6.45, 7) is 3.88. The van der Waals surface area contributed by atoms with Crippen molar-refractivity contribution in [2.75, 3.05) is 5.73 Å². The SMILES string of the molecule is Cc1ccc2nc(Sc3sc(N)nc3C)n(-c3ccccc3)c(=O)c2c1. The van der Waals surface area contributed by atoms with Crippen LogP contribution in [0.2, 0.25) is 0 Å². The smallest absolute Gasteiger partial charge is 0.266 e. The summed E-state index contributed by atoms with van der Waals surface area (Å²) in [5, 5.41) is 1.72. The highest BCUT2D eigenvalue weighted by atomic mass is 32.2. The highest BCUT2D eigenvalue weighted by Crippen LogP contribution is 2.35. The Labute approximate surface area is 158 Å². The Balaban J connectivity index is 1.99. The number of hydrogen-bond donors (Lipinski definition) is 1. The molecule has 7 heteroatoms. The molecule has 4 aromatic rings. The number of nitrogen functional groups attached to an aromatic ring is 1. The molecule has 0 unspecified atom stereocenters. The first-order valence-corrected chi connectivity index (χ1v) is 9.66. The molecule has 0 atom stereocenters. The van der Waals surface area contributed by atoms with Gasteiger partial charge in [0, 0.05) is 0 Å². The van der Waals surface area contributed by atoms with Crippen LogP contribution in [-0.2, 0) is 0 Å². The lowest BCUT2D eigenvalue weighted by molar-refractivity contribution is 0.820. The number of benzene rings is 2. The van der Waals surface area contributed by atoms with E-state index >= 15 is 0 Å². The number of rotatable bonds is 3. The van der Waals surface area contributed by atoms with Crippen LogP contribution in [0.3, 0.4) is 0 Å². The van der Waals surface area contributed by atoms with E-state index in [1.807, 2.05) is 62.4 Å². The second-order valence-electron chi connectivity index (χ2n) is 5.92. The zero-order valence-electron chi connectivity index (χ0n) is 14.3. The van der Waals surface area contributed by atoms with Crippen molar-refractivity contribution < 1.29 is 0 Å². The Hall–Kier alpha value is -2.64. The van der Waals surface area contributed by atoms with Gasteiger partial charge in [-0.25, -0.2) is 9.97 Å². The van der Waals surface area contributed by atoms with E-state index in [0.717, 1.165) is 21.2 Å². The summed E-state index contributed by atoms with van der Waals surface area (Å²) in [5.41, 5.74) is 9.09. The van der Waals surface area contributed by atoms with Gasteiger partial charge in [0.15, 0.2) is 10.3 Å². The topological polar surface area (TPSA) is 73.8 Å². The van der Waals surface area contributed by atoms with Crippen LogP contribution in [0.4, 0.5) is 5.13 Å². The summed E-state index contributed by atoms with van der Waals surface area (Å²) in [4.78, 5) is 22.3. The lowest BCUT2D eigenvalue weighted by Crippen LogP contribution is -2.21. The molecule has 2 N–H and O–H groups in total. The van der Waals surface area contributed by atoms with Gasteiger partial charge >= 0.3 is 0 Å². The van der Waals surface area contributed by atoms with Crippen LogP contribution in [0.5, 0.6) is 0 Å². The standard InChI is InChI=1S/C19H16N4OS2/c1-11-8-9-15-14(10-11)16(24)23(13-6-4-3-5-7-13)19(22-15)26-17-12(2)21-18(20)25-17/h3-10H,1-2H3,(H2,20,21). The van der Waals surface area contributed by atoms with Crippen molar-refractivity contribution in [3.63, 3.8) is 0 Å². The van der Waals surface area contributed by atoms with Crippen LogP contribution in [0.1, 0.15) is 11.3 Å². The summed E-state index contributed by atoms with van der Waals surface area (Å²) in [7, 11) is 0. The average Bonchev–Trinajstić information content (AvgIpc) is 2.94. The highest BCUT2D eigenvalue weighted by molar-refractivity contribution is 8.01. The summed E-state index contributed by atoms with van der Waals surface area (Å²) in [6, 6.07) is 15.3. The lowest BCUT2D eigenvalue weighted by Gasteiger charge is -2.13. The molecule has 0 radical (unpaired) electrons. The summed E-state index contributed by atoms with van der Waals surface area (Å²) in [6.07, 6.45) is 0. The number of hydrogen-bond acceptors (Lipinski definition) is 6. The molecule has 2 heterocycles. The quantitative estimate of drug-likeness (QED) is 0.540. The van der Waals surface area contributed by atoms with Crippen LogP contribution in [0.15, 0.2) is 62.7 Å². The third kappa shape index (κ3) is 3.00. The van der Waals surface area contributed by atoms with Gasteiger partial charge in [0.1, 0.15) is 0 Å². The summed E-state index contributed by atoms with van der Waals surface area (Å²) >= 11 is 2.82. The first kappa shape index (κ1) is 16.8. The number of para-hydroxylation sites is 1. The molecule has 0 aliphatic heterocycles. The molecule has 0 bridgehead atoms. The van der Waals surface area contributed by atoms with E-state index in [9.17, 15) is 4.79 Å². The van der Waals surface area contributed by atoms with E-state index in [1.54, 1.807) is 4.57 Å². The summed E-state index contributed by atoms with van der Waals surface area (Å²) < 4.78 is 2.59. The average molecular weight is 380 g/mol. The fourth-order valence-electron chi connectivity index (χ4n) is 2.73. The molecule has 5 nitrogen and oxygen atoms in total. The fourth-order valence-corrected chi connectivity index (χ4v) is 4.73.